The van der Waals surface area contributed by atoms with Crippen molar-refractivity contribution < 1.29 is 104 Å². The summed E-state index contributed by atoms with van der Waals surface area (Å²) in [7, 11) is 0. The lowest BCUT2D eigenvalue weighted by Crippen LogP contribution is -2.66. The number of hydrogen-bond donors (Lipinski definition) is 12. The Balaban J connectivity index is 1.46. The maximum absolute atomic E-state index is 11.5. The lowest BCUT2D eigenvalue weighted by Gasteiger charge is -2.48. The molecule has 0 saturated carbocycles. The summed E-state index contributed by atoms with van der Waals surface area (Å²) in [4.78, 5) is 22.5. The summed E-state index contributed by atoms with van der Waals surface area (Å²) in [5.41, 5.74) is 5.37. The molecule has 49 heavy (non-hydrogen) atoms. The fourth-order valence-electron chi connectivity index (χ4n) is 5.75. The molecular formula is C27H45NO21. The first-order valence-electron chi connectivity index (χ1n) is 15.4. The smallest absolute Gasteiger partial charge is 0.332 e. The Morgan fingerprint density at radius 2 is 1.22 bits per heavy atom. The van der Waals surface area contributed by atoms with Gasteiger partial charge >= 0.3 is 11.9 Å². The van der Waals surface area contributed by atoms with Gasteiger partial charge in [0.05, 0.1) is 26.4 Å². The third-order valence-electron chi connectivity index (χ3n) is 8.75. The van der Waals surface area contributed by atoms with E-state index in [1.807, 2.05) is 0 Å². The topological polar surface area (TPSA) is 357 Å². The first-order chi connectivity index (χ1) is 23.1. The fraction of sp³-hybridized carbons (Fsp3) is 0.926. The van der Waals surface area contributed by atoms with E-state index in [-0.39, 0.29) is 6.42 Å². The van der Waals surface area contributed by atoms with Gasteiger partial charge in [0.1, 0.15) is 79.3 Å². The van der Waals surface area contributed by atoms with Gasteiger partial charge in [0, 0.05) is 0 Å². The van der Waals surface area contributed by atoms with Gasteiger partial charge in [-0.3, -0.25) is 4.79 Å². The van der Waals surface area contributed by atoms with Gasteiger partial charge in [-0.1, -0.05) is 6.92 Å². The Bertz CT molecular complexity index is 1090. The molecular weight excluding hydrogens is 674 g/mol. The van der Waals surface area contributed by atoms with E-state index in [4.69, 9.17) is 48.7 Å². The van der Waals surface area contributed by atoms with Crippen LogP contribution in [0.2, 0.25) is 0 Å². The predicted octanol–water partition coefficient (Wildman–Crippen LogP) is -7.28. The molecule has 0 spiro atoms. The first-order valence-corrected chi connectivity index (χ1v) is 15.4. The van der Waals surface area contributed by atoms with Crippen molar-refractivity contribution >= 4 is 11.9 Å². The molecule has 0 amide bonds. The summed E-state index contributed by atoms with van der Waals surface area (Å²) in [6.07, 6.45) is -28.8. The van der Waals surface area contributed by atoms with Crippen LogP contribution >= 0.6 is 0 Å². The molecule has 4 aliphatic heterocycles. The number of hydrogen-bond acceptors (Lipinski definition) is 20. The third-order valence-corrected chi connectivity index (χ3v) is 8.75. The van der Waals surface area contributed by atoms with Crippen LogP contribution < -0.4 is 5.73 Å². The zero-order valence-corrected chi connectivity index (χ0v) is 26.1. The summed E-state index contributed by atoms with van der Waals surface area (Å²) in [6, 6.07) is -1.45. The monoisotopic (exact) mass is 719 g/mol. The fourth-order valence-corrected chi connectivity index (χ4v) is 5.75. The Morgan fingerprint density at radius 1 is 0.714 bits per heavy atom. The minimum absolute atomic E-state index is 0.0616. The molecule has 18 unspecified atom stereocenters. The second kappa shape index (κ2) is 17.2. The van der Waals surface area contributed by atoms with E-state index >= 15 is 0 Å². The number of rotatable bonds is 13. The number of carbonyl (C=O) groups is 2. The molecule has 0 bridgehead atoms. The highest BCUT2D eigenvalue weighted by Gasteiger charge is 2.54. The van der Waals surface area contributed by atoms with Crippen LogP contribution in [0.15, 0.2) is 0 Å². The number of carboxylic acids is 2. The van der Waals surface area contributed by atoms with Crippen molar-refractivity contribution in [2.45, 2.75) is 124 Å². The van der Waals surface area contributed by atoms with Crippen LogP contribution in [-0.2, 0) is 47.5 Å². The number of aliphatic hydroxyl groups excluding tert-OH is 9. The maximum atomic E-state index is 11.5. The molecule has 4 rings (SSSR count). The summed E-state index contributed by atoms with van der Waals surface area (Å²) in [5.74, 6) is -3.37. The van der Waals surface area contributed by atoms with Crippen molar-refractivity contribution in [3.63, 3.8) is 0 Å². The second-order valence-corrected chi connectivity index (χ2v) is 12.3. The standard InChI is InChI=1S/C27H45NO21/c1-7-2-9(23(40)41)44-25(13(7)31)48-21-16(34)11(4-30)46-27(19(21)37)49-20-15(33)10(3-29)45-26(18(20)36)47-12-6-43-24(17(35)14(12)32)42-5-8(28)22(38)39/h7-21,24-27,29-37H,2-6,28H2,1H3,(H,38,39)(H,40,41)/t7?,8?,9?,10?,11?,12?,13?,14?,15?,16?,17?,18?,19?,20?,21-,24?,25?,26?,27?/m1/s1. The van der Waals surface area contributed by atoms with Crippen LogP contribution in [0.5, 0.6) is 0 Å². The van der Waals surface area contributed by atoms with Crippen LogP contribution in [0.4, 0.5) is 0 Å². The van der Waals surface area contributed by atoms with Crippen molar-refractivity contribution in [3.05, 3.63) is 0 Å². The van der Waals surface area contributed by atoms with Gasteiger partial charge in [0.25, 0.3) is 0 Å². The molecule has 284 valence electrons. The molecule has 0 aromatic heterocycles. The SMILES string of the molecule is CC1CC(C(=O)O)OC(O[C@@H]2C(O)C(CO)OC(OC3C(O)C(CO)OC(OC4COC(OCC(N)C(=O)O)C(O)C4O)C3O)C2O)C1O. The molecule has 0 aliphatic carbocycles. The van der Waals surface area contributed by atoms with Crippen LogP contribution in [0, 0.1) is 5.92 Å². The summed E-state index contributed by atoms with van der Waals surface area (Å²) in [6.45, 7) is -1.26. The zero-order valence-electron chi connectivity index (χ0n) is 26.1. The number of aliphatic hydroxyl groups is 9. The molecule has 4 aliphatic rings. The Labute approximate surface area is 278 Å². The van der Waals surface area contributed by atoms with Crippen molar-refractivity contribution in [3.8, 4) is 0 Å². The van der Waals surface area contributed by atoms with E-state index in [0.717, 1.165) is 0 Å². The van der Waals surface area contributed by atoms with Crippen molar-refractivity contribution in [1.82, 2.24) is 0 Å². The highest BCUT2D eigenvalue weighted by Crippen LogP contribution is 2.34. The lowest BCUT2D eigenvalue weighted by atomic mass is 9.93. The van der Waals surface area contributed by atoms with Crippen LogP contribution in [0.25, 0.3) is 0 Å². The molecule has 22 nitrogen and oxygen atoms in total. The average Bonchev–Trinajstić information content (AvgIpc) is 3.06. The second-order valence-electron chi connectivity index (χ2n) is 12.3. The number of carboxylic acid groups (broad SMARTS) is 2. The van der Waals surface area contributed by atoms with Gasteiger partial charge in [-0.2, -0.15) is 0 Å². The van der Waals surface area contributed by atoms with Crippen molar-refractivity contribution in [2.75, 3.05) is 26.4 Å². The van der Waals surface area contributed by atoms with Gasteiger partial charge in [-0.05, 0) is 12.3 Å². The van der Waals surface area contributed by atoms with Crippen LogP contribution in [0.3, 0.4) is 0 Å². The van der Waals surface area contributed by atoms with Gasteiger partial charge in [-0.15, -0.1) is 0 Å². The van der Waals surface area contributed by atoms with E-state index in [2.05, 4.69) is 0 Å². The first kappa shape index (κ1) is 40.0. The Morgan fingerprint density at radius 3 is 1.71 bits per heavy atom. The van der Waals surface area contributed by atoms with E-state index in [9.17, 15) is 60.7 Å². The Hall–Kier alpha value is -1.78. The van der Waals surface area contributed by atoms with Crippen molar-refractivity contribution in [1.29, 1.82) is 0 Å². The minimum Gasteiger partial charge on any atom is -0.480 e. The molecule has 19 atom stereocenters. The van der Waals surface area contributed by atoms with Gasteiger partial charge < -0.3 is 99.8 Å². The minimum atomic E-state index is -1.99. The molecule has 4 saturated heterocycles. The third kappa shape index (κ3) is 9.00. The van der Waals surface area contributed by atoms with Gasteiger partial charge in [0.15, 0.2) is 31.3 Å². The highest BCUT2D eigenvalue weighted by molar-refractivity contribution is 5.73. The van der Waals surface area contributed by atoms with E-state index in [0.29, 0.717) is 0 Å². The van der Waals surface area contributed by atoms with Gasteiger partial charge in [-0.25, -0.2) is 4.79 Å². The number of nitrogens with two attached hydrogens (primary N) is 1. The van der Waals surface area contributed by atoms with Crippen molar-refractivity contribution in [2.24, 2.45) is 11.7 Å². The van der Waals surface area contributed by atoms with E-state index in [1.165, 1.54) is 6.92 Å². The number of ether oxygens (including phenoxy) is 8. The highest BCUT2D eigenvalue weighted by atomic mass is 16.8. The van der Waals surface area contributed by atoms with E-state index < -0.39 is 155 Å². The average molecular weight is 720 g/mol. The summed E-state index contributed by atoms with van der Waals surface area (Å²) in [5, 5.41) is 114. The predicted molar refractivity (Wildman–Crippen MR) is 150 cm³/mol. The van der Waals surface area contributed by atoms with Crippen LogP contribution in [0.1, 0.15) is 13.3 Å². The van der Waals surface area contributed by atoms with Gasteiger partial charge in [0.2, 0.25) is 0 Å². The zero-order chi connectivity index (χ0) is 36.3. The molecule has 0 aromatic rings. The Kier molecular flexibility index (Phi) is 14.0. The summed E-state index contributed by atoms with van der Waals surface area (Å²) >= 11 is 0. The summed E-state index contributed by atoms with van der Waals surface area (Å²) < 4.78 is 43.6. The van der Waals surface area contributed by atoms with E-state index in [1.54, 1.807) is 0 Å². The molecule has 0 aromatic carbocycles. The molecule has 0 radical (unpaired) electrons. The molecule has 4 fully saturated rings. The number of aliphatic carboxylic acids is 2. The van der Waals surface area contributed by atoms with Crippen LogP contribution in [-0.4, -0.2) is 205 Å². The molecule has 4 heterocycles. The molecule has 13 N–H and O–H groups in total. The molecule has 22 heteroatoms. The largest absolute Gasteiger partial charge is 0.480 e. The quantitative estimate of drug-likeness (QED) is 0.0841. The normalized spacial score (nSPS) is 47.0. The maximum Gasteiger partial charge on any atom is 0.332 e. The lowest BCUT2D eigenvalue weighted by molar-refractivity contribution is -0.383.